The number of hydrogen-bond donors (Lipinski definition) is 1. The highest BCUT2D eigenvalue weighted by Crippen LogP contribution is 2.32. The summed E-state index contributed by atoms with van der Waals surface area (Å²) in [6.07, 6.45) is 2.11. The molecule has 2 aliphatic heterocycles. The van der Waals surface area contributed by atoms with Crippen LogP contribution in [0.4, 0.5) is 0 Å². The predicted octanol–water partition coefficient (Wildman–Crippen LogP) is 1.71. The molecule has 2 fully saturated rings. The lowest BCUT2D eigenvalue weighted by atomic mass is 9.90. The van der Waals surface area contributed by atoms with Gasteiger partial charge in [0.2, 0.25) is 15.9 Å². The van der Waals surface area contributed by atoms with Gasteiger partial charge in [0.1, 0.15) is 0 Å². The molecule has 0 aliphatic carbocycles. The molecular formula is C18H28ClN3O3S. The molecule has 1 aromatic rings. The van der Waals surface area contributed by atoms with Crippen LogP contribution in [0.1, 0.15) is 26.2 Å². The summed E-state index contributed by atoms with van der Waals surface area (Å²) in [6.45, 7) is 4.98. The molecular weight excluding hydrogens is 374 g/mol. The first-order valence-electron chi connectivity index (χ1n) is 8.90. The lowest BCUT2D eigenvalue weighted by molar-refractivity contribution is -0.136. The maximum Gasteiger partial charge on any atom is 0.243 e. The van der Waals surface area contributed by atoms with Crippen molar-refractivity contribution in [1.29, 1.82) is 0 Å². The second-order valence-electron chi connectivity index (χ2n) is 7.52. The first kappa shape index (κ1) is 21.2. The SMILES string of the molecule is CC1(CN)CCN(C(=O)C2CCN(S(=O)(=O)c3ccccc3)CC2)C1.Cl. The topological polar surface area (TPSA) is 83.7 Å². The minimum absolute atomic E-state index is 0. The standard InChI is InChI=1S/C18H27N3O3S.ClH/c1-18(13-19)9-12-20(14-18)17(22)15-7-10-21(11-8-15)25(23,24)16-5-3-2-4-6-16;/h2-6,15H,7-14,19H2,1H3;1H. The molecule has 1 atom stereocenters. The van der Waals surface area contributed by atoms with E-state index in [1.807, 2.05) is 4.90 Å². The smallest absolute Gasteiger partial charge is 0.243 e. The number of carbonyl (C=O) groups excluding carboxylic acids is 1. The zero-order valence-corrected chi connectivity index (χ0v) is 16.8. The first-order chi connectivity index (χ1) is 11.9. The van der Waals surface area contributed by atoms with Crippen molar-refractivity contribution in [3.05, 3.63) is 30.3 Å². The van der Waals surface area contributed by atoms with Crippen LogP contribution in [-0.2, 0) is 14.8 Å². The van der Waals surface area contributed by atoms with Crippen LogP contribution in [0.25, 0.3) is 0 Å². The summed E-state index contributed by atoms with van der Waals surface area (Å²) in [6, 6.07) is 8.49. The van der Waals surface area contributed by atoms with E-state index in [-0.39, 0.29) is 29.6 Å². The quantitative estimate of drug-likeness (QED) is 0.832. The van der Waals surface area contributed by atoms with Crippen molar-refractivity contribution in [3.8, 4) is 0 Å². The Labute approximate surface area is 162 Å². The summed E-state index contributed by atoms with van der Waals surface area (Å²) in [5, 5.41) is 0. The largest absolute Gasteiger partial charge is 0.342 e. The van der Waals surface area contributed by atoms with Crippen molar-refractivity contribution in [2.75, 3.05) is 32.7 Å². The van der Waals surface area contributed by atoms with Crippen LogP contribution in [0, 0.1) is 11.3 Å². The number of likely N-dealkylation sites (tertiary alicyclic amines) is 1. The zero-order valence-electron chi connectivity index (χ0n) is 15.1. The summed E-state index contributed by atoms with van der Waals surface area (Å²) >= 11 is 0. The van der Waals surface area contributed by atoms with Gasteiger partial charge >= 0.3 is 0 Å². The number of nitrogens with zero attached hydrogens (tertiary/aromatic N) is 2. The Morgan fingerprint density at radius 2 is 1.81 bits per heavy atom. The summed E-state index contributed by atoms with van der Waals surface area (Å²) in [5.74, 6) is 0.0799. The van der Waals surface area contributed by atoms with E-state index in [1.165, 1.54) is 4.31 Å². The summed E-state index contributed by atoms with van der Waals surface area (Å²) in [5.41, 5.74) is 5.84. The van der Waals surface area contributed by atoms with Crippen molar-refractivity contribution in [2.24, 2.45) is 17.1 Å². The Balaban J connectivity index is 0.00000243. The Morgan fingerprint density at radius 1 is 1.19 bits per heavy atom. The average Bonchev–Trinajstić information content (AvgIpc) is 3.05. The number of amides is 1. The third kappa shape index (κ3) is 4.22. The van der Waals surface area contributed by atoms with Gasteiger partial charge in [-0.15, -0.1) is 12.4 Å². The van der Waals surface area contributed by atoms with Gasteiger partial charge in [-0.2, -0.15) is 4.31 Å². The second kappa shape index (κ2) is 8.25. The maximum atomic E-state index is 12.7. The molecule has 6 nitrogen and oxygen atoms in total. The number of carbonyl (C=O) groups is 1. The van der Waals surface area contributed by atoms with Crippen molar-refractivity contribution in [1.82, 2.24) is 9.21 Å². The fraction of sp³-hybridized carbons (Fsp3) is 0.611. The molecule has 0 bridgehead atoms. The highest BCUT2D eigenvalue weighted by atomic mass is 35.5. The number of halogens is 1. The van der Waals surface area contributed by atoms with Crippen molar-refractivity contribution < 1.29 is 13.2 Å². The molecule has 0 saturated carbocycles. The number of nitrogens with two attached hydrogens (primary N) is 1. The number of hydrogen-bond acceptors (Lipinski definition) is 4. The van der Waals surface area contributed by atoms with Crippen LogP contribution in [-0.4, -0.2) is 56.3 Å². The molecule has 0 spiro atoms. The number of rotatable bonds is 4. The fourth-order valence-corrected chi connectivity index (χ4v) is 5.21. The Kier molecular flexibility index (Phi) is 6.71. The molecule has 1 aromatic carbocycles. The van der Waals surface area contributed by atoms with Gasteiger partial charge in [-0.1, -0.05) is 25.1 Å². The van der Waals surface area contributed by atoms with E-state index in [4.69, 9.17) is 5.73 Å². The summed E-state index contributed by atoms with van der Waals surface area (Å²) in [7, 11) is -3.46. The van der Waals surface area contributed by atoms with E-state index in [2.05, 4.69) is 6.92 Å². The predicted molar refractivity (Wildman–Crippen MR) is 104 cm³/mol. The number of benzene rings is 1. The van der Waals surface area contributed by atoms with Gasteiger partial charge in [-0.3, -0.25) is 4.79 Å². The van der Waals surface area contributed by atoms with Gasteiger partial charge in [-0.25, -0.2) is 8.42 Å². The Morgan fingerprint density at radius 3 is 2.35 bits per heavy atom. The molecule has 3 rings (SSSR count). The van der Waals surface area contributed by atoms with E-state index in [1.54, 1.807) is 30.3 Å². The highest BCUT2D eigenvalue weighted by molar-refractivity contribution is 7.89. The average molecular weight is 402 g/mol. The van der Waals surface area contributed by atoms with Crippen LogP contribution in [0.3, 0.4) is 0 Å². The molecule has 1 amide bonds. The normalized spacial score (nSPS) is 25.1. The Bertz CT molecular complexity index is 720. The molecule has 0 radical (unpaired) electrons. The molecule has 2 aliphatic rings. The van der Waals surface area contributed by atoms with E-state index in [0.29, 0.717) is 43.9 Å². The highest BCUT2D eigenvalue weighted by Gasteiger charge is 2.39. The second-order valence-corrected chi connectivity index (χ2v) is 9.45. The zero-order chi connectivity index (χ0) is 18.1. The number of piperidine rings is 1. The van der Waals surface area contributed by atoms with Crippen LogP contribution in [0.15, 0.2) is 35.2 Å². The summed E-state index contributed by atoms with van der Waals surface area (Å²) in [4.78, 5) is 15.0. The first-order valence-corrected chi connectivity index (χ1v) is 10.3. The van der Waals surface area contributed by atoms with Gasteiger partial charge in [0, 0.05) is 32.1 Å². The van der Waals surface area contributed by atoms with Crippen LogP contribution in [0.2, 0.25) is 0 Å². The molecule has 2 heterocycles. The van der Waals surface area contributed by atoms with Crippen molar-refractivity contribution >= 4 is 28.3 Å². The lowest BCUT2D eigenvalue weighted by Gasteiger charge is -2.33. The van der Waals surface area contributed by atoms with Gasteiger partial charge in [-0.05, 0) is 43.4 Å². The molecule has 146 valence electrons. The van der Waals surface area contributed by atoms with E-state index in [9.17, 15) is 13.2 Å². The Hall–Kier alpha value is -1.15. The molecule has 0 aromatic heterocycles. The monoisotopic (exact) mass is 401 g/mol. The molecule has 1 unspecified atom stereocenters. The lowest BCUT2D eigenvalue weighted by Crippen LogP contribution is -2.44. The van der Waals surface area contributed by atoms with Gasteiger partial charge in [0.05, 0.1) is 4.90 Å². The van der Waals surface area contributed by atoms with E-state index < -0.39 is 10.0 Å². The van der Waals surface area contributed by atoms with E-state index >= 15 is 0 Å². The molecule has 26 heavy (non-hydrogen) atoms. The third-order valence-corrected chi connectivity index (χ3v) is 7.46. The van der Waals surface area contributed by atoms with Gasteiger partial charge in [0.15, 0.2) is 0 Å². The van der Waals surface area contributed by atoms with E-state index in [0.717, 1.165) is 13.0 Å². The minimum Gasteiger partial charge on any atom is -0.342 e. The summed E-state index contributed by atoms with van der Waals surface area (Å²) < 4.78 is 26.8. The minimum atomic E-state index is -3.46. The molecule has 2 N–H and O–H groups in total. The van der Waals surface area contributed by atoms with Crippen LogP contribution in [0.5, 0.6) is 0 Å². The third-order valence-electron chi connectivity index (χ3n) is 5.55. The molecule has 2 saturated heterocycles. The fourth-order valence-electron chi connectivity index (χ4n) is 3.72. The maximum absolute atomic E-state index is 12.7. The van der Waals surface area contributed by atoms with Gasteiger partial charge in [0.25, 0.3) is 0 Å². The van der Waals surface area contributed by atoms with Crippen molar-refractivity contribution in [2.45, 2.75) is 31.1 Å². The van der Waals surface area contributed by atoms with Crippen LogP contribution >= 0.6 is 12.4 Å². The number of sulfonamides is 1. The van der Waals surface area contributed by atoms with Crippen molar-refractivity contribution in [3.63, 3.8) is 0 Å². The molecule has 8 heteroatoms. The van der Waals surface area contributed by atoms with Gasteiger partial charge < -0.3 is 10.6 Å². The van der Waals surface area contributed by atoms with Crippen LogP contribution < -0.4 is 5.73 Å².